The fourth-order valence-electron chi connectivity index (χ4n) is 2.81. The van der Waals surface area contributed by atoms with Crippen LogP contribution in [0, 0.1) is 0 Å². The summed E-state index contributed by atoms with van der Waals surface area (Å²) in [7, 11) is 0. The summed E-state index contributed by atoms with van der Waals surface area (Å²) >= 11 is 0. The lowest BCUT2D eigenvalue weighted by Crippen LogP contribution is -2.56. The summed E-state index contributed by atoms with van der Waals surface area (Å²) in [6, 6.07) is 11.0. The maximum atomic E-state index is 11.4. The molecule has 0 saturated carbocycles. The van der Waals surface area contributed by atoms with E-state index in [4.69, 9.17) is 5.73 Å². The first-order valence-corrected chi connectivity index (χ1v) is 7.81. The molecule has 4 heteroatoms. The van der Waals surface area contributed by atoms with Crippen molar-refractivity contribution in [3.05, 3.63) is 35.9 Å². The van der Waals surface area contributed by atoms with Crippen LogP contribution in [0.25, 0.3) is 0 Å². The largest absolute Gasteiger partial charge is 0.368 e. The quantitative estimate of drug-likeness (QED) is 0.835. The van der Waals surface area contributed by atoms with E-state index in [0.29, 0.717) is 6.04 Å². The van der Waals surface area contributed by atoms with Crippen LogP contribution in [-0.4, -0.2) is 42.0 Å². The minimum absolute atomic E-state index is 0.283. The second-order valence-corrected chi connectivity index (χ2v) is 6.49. The summed E-state index contributed by atoms with van der Waals surface area (Å²) in [5.74, 6) is -0.283. The zero-order chi connectivity index (χ0) is 15.3. The topological polar surface area (TPSA) is 58.4 Å². The van der Waals surface area contributed by atoms with Crippen LogP contribution in [0.5, 0.6) is 0 Å². The Kier molecular flexibility index (Phi) is 5.37. The summed E-state index contributed by atoms with van der Waals surface area (Å²) in [5.41, 5.74) is 6.20. The van der Waals surface area contributed by atoms with Gasteiger partial charge in [0.15, 0.2) is 0 Å². The second kappa shape index (κ2) is 7.05. The van der Waals surface area contributed by atoms with E-state index in [2.05, 4.69) is 40.5 Å². The monoisotopic (exact) mass is 289 g/mol. The van der Waals surface area contributed by atoms with E-state index in [1.807, 2.05) is 13.8 Å². The average Bonchev–Trinajstić information content (AvgIpc) is 2.47. The molecule has 0 bridgehead atoms. The summed E-state index contributed by atoms with van der Waals surface area (Å²) in [5, 5.41) is 3.39. The van der Waals surface area contributed by atoms with Gasteiger partial charge >= 0.3 is 0 Å². The van der Waals surface area contributed by atoms with Gasteiger partial charge in [-0.25, -0.2) is 0 Å². The number of carbonyl (C=O) groups excluding carboxylic acids is 1. The molecule has 0 spiro atoms. The zero-order valence-corrected chi connectivity index (χ0v) is 13.1. The van der Waals surface area contributed by atoms with Crippen LogP contribution in [0.1, 0.15) is 32.3 Å². The Morgan fingerprint density at radius 2 is 1.90 bits per heavy atom. The first-order chi connectivity index (χ1) is 9.97. The van der Waals surface area contributed by atoms with E-state index < -0.39 is 5.54 Å². The molecule has 1 amide bonds. The SMILES string of the molecule is CC(C)(NC1CCN(CCc2ccccc2)CC1)C(N)=O. The Morgan fingerprint density at radius 1 is 1.29 bits per heavy atom. The van der Waals surface area contributed by atoms with E-state index in [-0.39, 0.29) is 5.91 Å². The average molecular weight is 289 g/mol. The van der Waals surface area contributed by atoms with Crippen molar-refractivity contribution in [2.45, 2.75) is 44.7 Å². The van der Waals surface area contributed by atoms with E-state index in [9.17, 15) is 4.79 Å². The lowest BCUT2D eigenvalue weighted by atomic mass is 9.98. The van der Waals surface area contributed by atoms with Gasteiger partial charge in [0, 0.05) is 12.6 Å². The van der Waals surface area contributed by atoms with Gasteiger partial charge in [-0.2, -0.15) is 0 Å². The number of carbonyl (C=O) groups is 1. The third-order valence-corrected chi connectivity index (χ3v) is 4.33. The van der Waals surface area contributed by atoms with Gasteiger partial charge in [-0.15, -0.1) is 0 Å². The maximum absolute atomic E-state index is 11.4. The standard InChI is InChI=1S/C17H27N3O/c1-17(2,16(18)21)19-15-9-12-20(13-10-15)11-8-14-6-4-3-5-7-14/h3-7,15,19H,8-13H2,1-2H3,(H2,18,21). The Morgan fingerprint density at radius 3 is 2.48 bits per heavy atom. The molecule has 1 fully saturated rings. The normalized spacial score (nSPS) is 17.8. The van der Waals surface area contributed by atoms with Crippen molar-refractivity contribution in [1.82, 2.24) is 10.2 Å². The molecule has 0 unspecified atom stereocenters. The van der Waals surface area contributed by atoms with Gasteiger partial charge in [-0.3, -0.25) is 4.79 Å². The molecule has 1 aliphatic heterocycles. The number of nitrogens with zero attached hydrogens (tertiary/aromatic N) is 1. The number of primary amides is 1. The van der Waals surface area contributed by atoms with Gasteiger partial charge in [0.25, 0.3) is 0 Å². The summed E-state index contributed by atoms with van der Waals surface area (Å²) in [4.78, 5) is 13.9. The van der Waals surface area contributed by atoms with Crippen molar-refractivity contribution in [1.29, 1.82) is 0 Å². The highest BCUT2D eigenvalue weighted by Crippen LogP contribution is 2.14. The van der Waals surface area contributed by atoms with Crippen LogP contribution >= 0.6 is 0 Å². The highest BCUT2D eigenvalue weighted by molar-refractivity contribution is 5.83. The fourth-order valence-corrected chi connectivity index (χ4v) is 2.81. The van der Waals surface area contributed by atoms with E-state index >= 15 is 0 Å². The molecule has 116 valence electrons. The highest BCUT2D eigenvalue weighted by Gasteiger charge is 2.29. The minimum Gasteiger partial charge on any atom is -0.368 e. The number of amides is 1. The molecular formula is C17H27N3O. The molecule has 4 nitrogen and oxygen atoms in total. The van der Waals surface area contributed by atoms with Gasteiger partial charge in [0.2, 0.25) is 5.91 Å². The third-order valence-electron chi connectivity index (χ3n) is 4.33. The van der Waals surface area contributed by atoms with Crippen molar-refractivity contribution in [3.8, 4) is 0 Å². The first kappa shape index (κ1) is 16.0. The van der Waals surface area contributed by atoms with Gasteiger partial charge in [0.05, 0.1) is 5.54 Å². The number of hydrogen-bond donors (Lipinski definition) is 2. The summed E-state index contributed by atoms with van der Waals surface area (Å²) < 4.78 is 0. The molecule has 0 aromatic heterocycles. The van der Waals surface area contributed by atoms with Crippen molar-refractivity contribution < 1.29 is 4.79 Å². The molecule has 0 radical (unpaired) electrons. The van der Waals surface area contributed by atoms with Gasteiger partial charge in [0.1, 0.15) is 0 Å². The Bertz CT molecular complexity index is 450. The van der Waals surface area contributed by atoms with Gasteiger partial charge in [-0.1, -0.05) is 30.3 Å². The molecule has 1 saturated heterocycles. The molecule has 2 rings (SSSR count). The fraction of sp³-hybridized carbons (Fsp3) is 0.588. The molecular weight excluding hydrogens is 262 g/mol. The van der Waals surface area contributed by atoms with Crippen LogP contribution in [0.15, 0.2) is 30.3 Å². The zero-order valence-electron chi connectivity index (χ0n) is 13.1. The molecule has 0 aliphatic carbocycles. The first-order valence-electron chi connectivity index (χ1n) is 7.81. The van der Waals surface area contributed by atoms with Crippen molar-refractivity contribution in [2.75, 3.05) is 19.6 Å². The molecule has 0 atom stereocenters. The summed E-state index contributed by atoms with van der Waals surface area (Å²) in [6.45, 7) is 6.99. The number of rotatable bonds is 6. The molecule has 1 aliphatic rings. The number of benzene rings is 1. The van der Waals surface area contributed by atoms with Crippen molar-refractivity contribution >= 4 is 5.91 Å². The number of hydrogen-bond acceptors (Lipinski definition) is 3. The van der Waals surface area contributed by atoms with Crippen LogP contribution in [0.3, 0.4) is 0 Å². The minimum atomic E-state index is -0.614. The lowest BCUT2D eigenvalue weighted by molar-refractivity contribution is -0.123. The number of piperidine rings is 1. The van der Waals surface area contributed by atoms with Crippen molar-refractivity contribution in [3.63, 3.8) is 0 Å². The second-order valence-electron chi connectivity index (χ2n) is 6.49. The predicted molar refractivity (Wildman–Crippen MR) is 86.0 cm³/mol. The van der Waals surface area contributed by atoms with Crippen LogP contribution in [0.2, 0.25) is 0 Å². The Balaban J connectivity index is 1.72. The van der Waals surface area contributed by atoms with Crippen LogP contribution in [-0.2, 0) is 11.2 Å². The van der Waals surface area contributed by atoms with E-state index in [1.54, 1.807) is 0 Å². The Labute approximate surface area is 127 Å². The van der Waals surface area contributed by atoms with Crippen LogP contribution < -0.4 is 11.1 Å². The van der Waals surface area contributed by atoms with Gasteiger partial charge in [-0.05, 0) is 51.8 Å². The van der Waals surface area contributed by atoms with Crippen LogP contribution in [0.4, 0.5) is 0 Å². The number of nitrogens with one attached hydrogen (secondary N) is 1. The van der Waals surface area contributed by atoms with Crippen molar-refractivity contribution in [2.24, 2.45) is 5.73 Å². The molecule has 1 heterocycles. The van der Waals surface area contributed by atoms with E-state index in [0.717, 1.165) is 38.9 Å². The number of nitrogens with two attached hydrogens (primary N) is 1. The lowest BCUT2D eigenvalue weighted by Gasteiger charge is -2.36. The van der Waals surface area contributed by atoms with Gasteiger partial charge < -0.3 is 16.0 Å². The van der Waals surface area contributed by atoms with E-state index in [1.165, 1.54) is 5.56 Å². The summed E-state index contributed by atoms with van der Waals surface area (Å²) in [6.07, 6.45) is 3.25. The Hall–Kier alpha value is -1.39. The number of likely N-dealkylation sites (tertiary alicyclic amines) is 1. The molecule has 1 aromatic rings. The molecule has 1 aromatic carbocycles. The third kappa shape index (κ3) is 4.83. The molecule has 21 heavy (non-hydrogen) atoms. The smallest absolute Gasteiger partial charge is 0.237 e. The highest BCUT2D eigenvalue weighted by atomic mass is 16.1. The molecule has 3 N–H and O–H groups in total. The predicted octanol–water partition coefficient (Wildman–Crippen LogP) is 1.55. The maximum Gasteiger partial charge on any atom is 0.237 e.